The van der Waals surface area contributed by atoms with Crippen LogP contribution in [0.4, 0.5) is 16.0 Å². The van der Waals surface area contributed by atoms with E-state index in [1.165, 1.54) is 6.08 Å². The quantitative estimate of drug-likeness (QED) is 0.199. The molecular weight excluding hydrogens is 671 g/mol. The molecule has 0 atom stereocenters. The molecule has 7 heterocycles. The summed E-state index contributed by atoms with van der Waals surface area (Å²) in [5.41, 5.74) is 7.08. The lowest BCUT2D eigenvalue weighted by Gasteiger charge is -2.40. The summed E-state index contributed by atoms with van der Waals surface area (Å²) in [6, 6.07) is 8.95. The number of fused-ring (bicyclic) bond motifs is 3. The van der Waals surface area contributed by atoms with Crippen molar-refractivity contribution in [1.82, 2.24) is 39.7 Å². The number of anilines is 2. The number of halogens is 2. The fourth-order valence-electron chi connectivity index (χ4n) is 7.83. The summed E-state index contributed by atoms with van der Waals surface area (Å²) in [5.74, 6) is 0.787. The van der Waals surface area contributed by atoms with Crippen LogP contribution in [-0.2, 0) is 4.79 Å². The predicted molar refractivity (Wildman–Crippen MR) is 195 cm³/mol. The summed E-state index contributed by atoms with van der Waals surface area (Å²) in [6.45, 7) is 6.07. The molecule has 3 aliphatic heterocycles. The zero-order valence-electron chi connectivity index (χ0n) is 28.5. The molecule has 0 radical (unpaired) electrons. The highest BCUT2D eigenvalue weighted by Gasteiger charge is 2.45. The Morgan fingerprint density at radius 2 is 1.92 bits per heavy atom. The molecule has 8 rings (SSSR count). The standard InChI is InChI=1S/C37H38ClFN10O2/c1-22-41-13-10-25(43-22)8-9-29(50)48-19-23(20-48)18-47(2)35-26-17-42-34(33-30-24(16-28(40)44-33)6-3-7-27(30)38)31(39)32(26)45-36(46-35)51-21-37-11-4-14-49(37)15-5-12-37/h3,6-10,13,16-17,23H,4-5,11-12,14-15,18-21H2,1-2H3,(H2,40,44)/b9-8+. The number of likely N-dealkylation sites (tertiary alicyclic amines) is 1. The first-order valence-electron chi connectivity index (χ1n) is 17.2. The predicted octanol–water partition coefficient (Wildman–Crippen LogP) is 5.33. The van der Waals surface area contributed by atoms with Crippen molar-refractivity contribution in [3.05, 3.63) is 71.2 Å². The monoisotopic (exact) mass is 708 g/mol. The maximum Gasteiger partial charge on any atom is 0.319 e. The maximum absolute atomic E-state index is 16.8. The lowest BCUT2D eigenvalue weighted by molar-refractivity contribution is -0.131. The van der Waals surface area contributed by atoms with E-state index in [1.807, 2.05) is 24.9 Å². The fourth-order valence-corrected chi connectivity index (χ4v) is 8.10. The Balaban J connectivity index is 1.09. The molecule has 12 nitrogen and oxygen atoms in total. The van der Waals surface area contributed by atoms with Crippen molar-refractivity contribution in [2.24, 2.45) is 5.92 Å². The summed E-state index contributed by atoms with van der Waals surface area (Å²) < 4.78 is 23.2. The van der Waals surface area contributed by atoms with Crippen LogP contribution in [0.25, 0.3) is 39.1 Å². The van der Waals surface area contributed by atoms with E-state index in [2.05, 4.69) is 29.8 Å². The van der Waals surface area contributed by atoms with Gasteiger partial charge in [0.05, 0.1) is 21.6 Å². The van der Waals surface area contributed by atoms with Crippen molar-refractivity contribution in [3.8, 4) is 17.4 Å². The van der Waals surface area contributed by atoms with E-state index in [-0.39, 0.29) is 46.1 Å². The topological polar surface area (TPSA) is 139 Å². The lowest BCUT2D eigenvalue weighted by atomic mass is 9.95. The number of amides is 1. The molecule has 0 spiro atoms. The molecule has 5 aromatic rings. The number of nitrogens with two attached hydrogens (primary N) is 1. The van der Waals surface area contributed by atoms with Crippen LogP contribution in [0.1, 0.15) is 37.2 Å². The third kappa shape index (κ3) is 6.29. The molecule has 0 unspecified atom stereocenters. The Morgan fingerprint density at radius 1 is 1.12 bits per heavy atom. The van der Waals surface area contributed by atoms with Gasteiger partial charge in [-0.15, -0.1) is 0 Å². The van der Waals surface area contributed by atoms with Crippen molar-refractivity contribution in [2.45, 2.75) is 38.1 Å². The van der Waals surface area contributed by atoms with Gasteiger partial charge in [0.1, 0.15) is 41.0 Å². The van der Waals surface area contributed by atoms with Crippen LogP contribution in [-0.4, -0.2) is 97.5 Å². The number of rotatable bonds is 9. The van der Waals surface area contributed by atoms with Crippen molar-refractivity contribution in [3.63, 3.8) is 0 Å². The molecule has 0 saturated carbocycles. The van der Waals surface area contributed by atoms with Gasteiger partial charge in [-0.3, -0.25) is 14.7 Å². The second-order valence-electron chi connectivity index (χ2n) is 13.8. The van der Waals surface area contributed by atoms with Crippen LogP contribution in [0.5, 0.6) is 6.01 Å². The third-order valence-corrected chi connectivity index (χ3v) is 10.6. The van der Waals surface area contributed by atoms with E-state index in [1.54, 1.807) is 47.6 Å². The molecule has 3 fully saturated rings. The summed E-state index contributed by atoms with van der Waals surface area (Å²) in [4.78, 5) is 46.0. The number of aromatic nitrogens is 6. The molecule has 1 aromatic carbocycles. The molecule has 2 N–H and O–H groups in total. The van der Waals surface area contributed by atoms with Crippen LogP contribution < -0.4 is 15.4 Å². The van der Waals surface area contributed by atoms with E-state index in [4.69, 9.17) is 27.1 Å². The van der Waals surface area contributed by atoms with Crippen molar-refractivity contribution >= 4 is 56.9 Å². The SMILES string of the molecule is Cc1nccc(/C=C/C(=O)N2CC(CN(C)c3nc(OCC45CCCN4CCC5)nc4c(F)c(-c5nc(N)cc6cccc(Cl)c56)ncc34)C2)n1. The number of ether oxygens (including phenoxy) is 1. The van der Waals surface area contributed by atoms with E-state index in [0.29, 0.717) is 59.4 Å². The molecule has 14 heteroatoms. The average molecular weight is 709 g/mol. The number of hydrogen-bond acceptors (Lipinski definition) is 11. The summed E-state index contributed by atoms with van der Waals surface area (Å²) >= 11 is 6.60. The number of nitrogens with zero attached hydrogens (tertiary/aromatic N) is 9. The van der Waals surface area contributed by atoms with Gasteiger partial charge in [0, 0.05) is 56.5 Å². The molecule has 1 amide bonds. The number of aryl methyl sites for hydroxylation is 1. The zero-order chi connectivity index (χ0) is 35.3. The summed E-state index contributed by atoms with van der Waals surface area (Å²) in [7, 11) is 1.90. The van der Waals surface area contributed by atoms with Crippen molar-refractivity contribution < 1.29 is 13.9 Å². The van der Waals surface area contributed by atoms with Gasteiger partial charge in [0.15, 0.2) is 5.82 Å². The molecule has 4 aromatic heterocycles. The van der Waals surface area contributed by atoms with Crippen molar-refractivity contribution in [1.29, 1.82) is 0 Å². The highest BCUT2D eigenvalue weighted by molar-refractivity contribution is 6.36. The second-order valence-corrected chi connectivity index (χ2v) is 14.2. The van der Waals surface area contributed by atoms with Gasteiger partial charge in [-0.1, -0.05) is 23.7 Å². The maximum atomic E-state index is 16.8. The third-order valence-electron chi connectivity index (χ3n) is 10.3. The van der Waals surface area contributed by atoms with Gasteiger partial charge >= 0.3 is 6.01 Å². The molecule has 262 valence electrons. The molecule has 51 heavy (non-hydrogen) atoms. The Morgan fingerprint density at radius 3 is 2.71 bits per heavy atom. The van der Waals surface area contributed by atoms with E-state index >= 15 is 4.39 Å². The summed E-state index contributed by atoms with van der Waals surface area (Å²) in [5, 5.41) is 2.12. The number of hydrogen-bond donors (Lipinski definition) is 1. The Hall–Kier alpha value is -5.01. The van der Waals surface area contributed by atoms with Gasteiger partial charge in [-0.2, -0.15) is 9.97 Å². The molecular formula is C37H38ClFN10O2. The Bertz CT molecular complexity index is 2180. The van der Waals surface area contributed by atoms with E-state index in [0.717, 1.165) is 44.2 Å². The van der Waals surface area contributed by atoms with Gasteiger partial charge in [-0.05, 0) is 75.4 Å². The van der Waals surface area contributed by atoms with Gasteiger partial charge in [0.2, 0.25) is 5.91 Å². The van der Waals surface area contributed by atoms with Crippen LogP contribution in [0.15, 0.2) is 48.8 Å². The first kappa shape index (κ1) is 33.2. The van der Waals surface area contributed by atoms with Crippen LogP contribution in [0, 0.1) is 18.7 Å². The highest BCUT2D eigenvalue weighted by Crippen LogP contribution is 2.40. The Labute approximate surface area is 299 Å². The number of carbonyl (C=O) groups excluding carboxylic acids is 1. The lowest BCUT2D eigenvalue weighted by Crippen LogP contribution is -2.53. The summed E-state index contributed by atoms with van der Waals surface area (Å²) in [6.07, 6.45) is 10.8. The second kappa shape index (κ2) is 13.3. The number of pyridine rings is 2. The minimum absolute atomic E-state index is 0.0131. The highest BCUT2D eigenvalue weighted by atomic mass is 35.5. The van der Waals surface area contributed by atoms with Gasteiger partial charge in [0.25, 0.3) is 0 Å². The molecule has 3 saturated heterocycles. The van der Waals surface area contributed by atoms with Gasteiger partial charge in [-0.25, -0.2) is 19.3 Å². The van der Waals surface area contributed by atoms with Crippen LogP contribution in [0.2, 0.25) is 5.02 Å². The normalized spacial score (nSPS) is 17.4. The van der Waals surface area contributed by atoms with Crippen molar-refractivity contribution in [2.75, 3.05) is 57.0 Å². The fraction of sp³-hybridized carbons (Fsp3) is 0.378. The number of carbonyl (C=O) groups is 1. The van der Waals surface area contributed by atoms with E-state index < -0.39 is 5.82 Å². The van der Waals surface area contributed by atoms with Gasteiger partial charge < -0.3 is 20.3 Å². The minimum atomic E-state index is -0.665. The largest absolute Gasteiger partial charge is 0.461 e. The van der Waals surface area contributed by atoms with Crippen LogP contribution in [0.3, 0.4) is 0 Å². The van der Waals surface area contributed by atoms with Crippen LogP contribution >= 0.6 is 11.6 Å². The zero-order valence-corrected chi connectivity index (χ0v) is 29.3. The number of nitrogen functional groups attached to an aromatic ring is 1. The molecule has 3 aliphatic rings. The van der Waals surface area contributed by atoms with E-state index in [9.17, 15) is 4.79 Å². The average Bonchev–Trinajstić information content (AvgIpc) is 3.68. The minimum Gasteiger partial charge on any atom is -0.461 e. The Kier molecular flexibility index (Phi) is 8.63. The number of benzene rings is 1. The molecule has 0 aliphatic carbocycles. The first-order valence-corrected chi connectivity index (χ1v) is 17.6. The molecule has 0 bridgehead atoms. The smallest absolute Gasteiger partial charge is 0.319 e. The first-order chi connectivity index (χ1) is 24.7.